The molecule has 0 aromatic heterocycles. The Labute approximate surface area is 144 Å². The zero-order valence-corrected chi connectivity index (χ0v) is 13.6. The molecule has 2 aromatic rings. The van der Waals surface area contributed by atoms with Crippen molar-refractivity contribution >= 4 is 23.1 Å². The molecule has 0 saturated heterocycles. The first-order valence-electron chi connectivity index (χ1n) is 7.10. The maximum absolute atomic E-state index is 11.7. The smallest absolute Gasteiger partial charge is 0.374 e. The summed E-state index contributed by atoms with van der Waals surface area (Å²) in [5.74, 6) is -0.966. The van der Waals surface area contributed by atoms with E-state index in [1.54, 1.807) is 49.4 Å². The highest BCUT2D eigenvalue weighted by molar-refractivity contribution is 6.30. The third-order valence-electron chi connectivity index (χ3n) is 3.00. The van der Waals surface area contributed by atoms with E-state index in [4.69, 9.17) is 21.1 Å². The van der Waals surface area contributed by atoms with Crippen LogP contribution in [0.2, 0.25) is 5.02 Å². The summed E-state index contributed by atoms with van der Waals surface area (Å²) in [7, 11) is 0. The molecule has 0 radical (unpaired) electrons. The molecule has 1 N–H and O–H groups in total. The molecule has 0 unspecified atom stereocenters. The van der Waals surface area contributed by atoms with Gasteiger partial charge in [-0.2, -0.15) is 5.26 Å². The zero-order valence-electron chi connectivity index (χ0n) is 12.8. The molecule has 0 bridgehead atoms. The summed E-state index contributed by atoms with van der Waals surface area (Å²) in [5.41, 5.74) is -0.0821. The molecule has 122 valence electrons. The van der Waals surface area contributed by atoms with Crippen LogP contribution >= 0.6 is 11.6 Å². The quantitative estimate of drug-likeness (QED) is 0.374. The number of carbonyl (C=O) groups is 1. The topological polar surface area (TPSA) is 79.5 Å². The van der Waals surface area contributed by atoms with Crippen molar-refractivity contribution in [3.8, 4) is 17.6 Å². The van der Waals surface area contributed by atoms with Gasteiger partial charge in [-0.05, 0) is 37.3 Å². The molecule has 2 aromatic carbocycles. The van der Waals surface area contributed by atoms with Crippen molar-refractivity contribution in [2.75, 3.05) is 6.61 Å². The molecule has 0 aliphatic rings. The highest BCUT2D eigenvalue weighted by Gasteiger charge is 2.21. The lowest BCUT2D eigenvalue weighted by Crippen LogP contribution is -2.09. The molecular formula is C18H14ClNO4. The van der Waals surface area contributed by atoms with Crippen LogP contribution in [0.5, 0.6) is 11.5 Å². The summed E-state index contributed by atoms with van der Waals surface area (Å²) in [6, 6.07) is 15.3. The lowest BCUT2D eigenvalue weighted by molar-refractivity contribution is -0.141. The van der Waals surface area contributed by atoms with E-state index in [1.807, 2.05) is 6.07 Å². The minimum Gasteiger partial charge on any atom is -0.501 e. The average molecular weight is 344 g/mol. The Kier molecular flexibility index (Phi) is 5.83. The minimum absolute atomic E-state index is 0.0739. The molecule has 0 saturated carbocycles. The Bertz CT molecular complexity index is 810. The number of esters is 1. The van der Waals surface area contributed by atoms with Gasteiger partial charge in [0.25, 0.3) is 0 Å². The molecule has 2 rings (SSSR count). The predicted molar refractivity (Wildman–Crippen MR) is 89.8 cm³/mol. The summed E-state index contributed by atoms with van der Waals surface area (Å²) in [6.45, 7) is 1.67. The monoisotopic (exact) mass is 343 g/mol. The third-order valence-corrected chi connectivity index (χ3v) is 3.23. The van der Waals surface area contributed by atoms with Crippen LogP contribution in [0.15, 0.2) is 54.3 Å². The number of aliphatic hydroxyl groups excluding tert-OH is 1. The third kappa shape index (κ3) is 4.06. The first kappa shape index (κ1) is 17.4. The molecule has 0 aliphatic carbocycles. The molecule has 0 heterocycles. The number of allylic oxidation sites excluding steroid dienone is 1. The first-order valence-corrected chi connectivity index (χ1v) is 7.48. The van der Waals surface area contributed by atoms with E-state index in [9.17, 15) is 15.2 Å². The Morgan fingerprint density at radius 3 is 2.58 bits per heavy atom. The average Bonchev–Trinajstić information content (AvgIpc) is 2.59. The van der Waals surface area contributed by atoms with Gasteiger partial charge in [0.15, 0.2) is 0 Å². The fourth-order valence-electron chi connectivity index (χ4n) is 1.94. The number of hydrogen-bond acceptors (Lipinski definition) is 5. The minimum atomic E-state index is -0.986. The molecule has 0 atom stereocenters. The van der Waals surface area contributed by atoms with Crippen molar-refractivity contribution in [2.45, 2.75) is 6.92 Å². The Morgan fingerprint density at radius 1 is 1.25 bits per heavy atom. The Hall–Kier alpha value is -2.97. The number of carbonyl (C=O) groups excluding carboxylic acids is 1. The second-order valence-electron chi connectivity index (χ2n) is 4.61. The van der Waals surface area contributed by atoms with Crippen molar-refractivity contribution < 1.29 is 19.4 Å². The van der Waals surface area contributed by atoms with E-state index in [0.717, 1.165) is 0 Å². The van der Waals surface area contributed by atoms with E-state index in [1.165, 1.54) is 6.07 Å². The highest BCUT2D eigenvalue weighted by Crippen LogP contribution is 2.33. The second-order valence-corrected chi connectivity index (χ2v) is 5.05. The highest BCUT2D eigenvalue weighted by atomic mass is 35.5. The molecule has 6 heteroatoms. The molecule has 0 fully saturated rings. The number of rotatable bonds is 5. The maximum Gasteiger partial charge on any atom is 0.374 e. The van der Waals surface area contributed by atoms with Crippen LogP contribution in [0.1, 0.15) is 12.5 Å². The van der Waals surface area contributed by atoms with Crippen LogP contribution in [0.25, 0.3) is 5.57 Å². The second kappa shape index (κ2) is 8.04. The van der Waals surface area contributed by atoms with Gasteiger partial charge >= 0.3 is 5.97 Å². The standard InChI is InChI=1S/C18H14ClNO4/c1-2-23-18(22)17(21)15(11-20)14-10-12(19)8-9-16(14)24-13-6-4-3-5-7-13/h3-10,21H,2H2,1H3/b17-15-. The number of nitriles is 1. The number of aliphatic hydroxyl groups is 1. The normalized spacial score (nSPS) is 11.2. The first-order chi connectivity index (χ1) is 11.6. The van der Waals surface area contributed by atoms with E-state index >= 15 is 0 Å². The Morgan fingerprint density at radius 2 is 1.96 bits per heavy atom. The SMILES string of the molecule is CCOC(=O)/C(O)=C(\C#N)c1cc(Cl)ccc1Oc1ccccc1. The largest absolute Gasteiger partial charge is 0.501 e. The van der Waals surface area contributed by atoms with E-state index in [0.29, 0.717) is 10.8 Å². The van der Waals surface area contributed by atoms with E-state index in [-0.39, 0.29) is 23.5 Å². The van der Waals surface area contributed by atoms with Gasteiger partial charge in [-0.3, -0.25) is 0 Å². The number of para-hydroxylation sites is 1. The van der Waals surface area contributed by atoms with Crippen LogP contribution < -0.4 is 4.74 Å². The lowest BCUT2D eigenvalue weighted by Gasteiger charge is -2.12. The number of benzene rings is 2. The van der Waals surface area contributed by atoms with Crippen molar-refractivity contribution in [3.05, 3.63) is 64.9 Å². The molecule has 0 aliphatic heterocycles. The number of hydrogen-bond donors (Lipinski definition) is 1. The van der Waals surface area contributed by atoms with Gasteiger partial charge in [-0.15, -0.1) is 0 Å². The fourth-order valence-corrected chi connectivity index (χ4v) is 2.12. The maximum atomic E-state index is 11.7. The van der Waals surface area contributed by atoms with Gasteiger partial charge in [-0.25, -0.2) is 4.79 Å². The molecule has 0 spiro atoms. The zero-order chi connectivity index (χ0) is 17.5. The summed E-state index contributed by atoms with van der Waals surface area (Å²) in [6.07, 6.45) is 0. The van der Waals surface area contributed by atoms with Crippen molar-refractivity contribution in [1.29, 1.82) is 5.26 Å². The number of nitrogens with zero attached hydrogens (tertiary/aromatic N) is 1. The van der Waals surface area contributed by atoms with Gasteiger partial charge in [0, 0.05) is 10.6 Å². The van der Waals surface area contributed by atoms with Crippen LogP contribution in [-0.2, 0) is 9.53 Å². The van der Waals surface area contributed by atoms with Gasteiger partial charge in [0.1, 0.15) is 23.1 Å². The summed E-state index contributed by atoms with van der Waals surface area (Å²) in [5, 5.41) is 19.7. The lowest BCUT2D eigenvalue weighted by atomic mass is 10.0. The molecule has 24 heavy (non-hydrogen) atoms. The number of halogens is 1. The van der Waals surface area contributed by atoms with Crippen LogP contribution in [0.4, 0.5) is 0 Å². The summed E-state index contributed by atoms with van der Waals surface area (Å²) < 4.78 is 10.5. The molecule has 5 nitrogen and oxygen atoms in total. The summed E-state index contributed by atoms with van der Waals surface area (Å²) >= 11 is 5.98. The predicted octanol–water partition coefficient (Wildman–Crippen LogP) is 4.49. The summed E-state index contributed by atoms with van der Waals surface area (Å²) in [4.78, 5) is 11.7. The molecule has 0 amide bonds. The van der Waals surface area contributed by atoms with Gasteiger partial charge < -0.3 is 14.6 Å². The van der Waals surface area contributed by atoms with Gasteiger partial charge in [0.05, 0.1) is 6.61 Å². The fraction of sp³-hybridized carbons (Fsp3) is 0.111. The van der Waals surface area contributed by atoms with Crippen LogP contribution in [0.3, 0.4) is 0 Å². The van der Waals surface area contributed by atoms with E-state index in [2.05, 4.69) is 0 Å². The van der Waals surface area contributed by atoms with Crippen molar-refractivity contribution in [3.63, 3.8) is 0 Å². The van der Waals surface area contributed by atoms with Gasteiger partial charge in [-0.1, -0.05) is 29.8 Å². The van der Waals surface area contributed by atoms with Crippen molar-refractivity contribution in [2.24, 2.45) is 0 Å². The van der Waals surface area contributed by atoms with E-state index < -0.39 is 11.7 Å². The Balaban J connectivity index is 2.51. The molecular weight excluding hydrogens is 330 g/mol. The van der Waals surface area contributed by atoms with Crippen LogP contribution in [0, 0.1) is 11.3 Å². The van der Waals surface area contributed by atoms with Gasteiger partial charge in [0.2, 0.25) is 5.76 Å². The van der Waals surface area contributed by atoms with Crippen LogP contribution in [-0.4, -0.2) is 17.7 Å². The number of ether oxygens (including phenoxy) is 2. The van der Waals surface area contributed by atoms with Crippen molar-refractivity contribution in [1.82, 2.24) is 0 Å².